The molecule has 4 heteroatoms. The van der Waals surface area contributed by atoms with Gasteiger partial charge in [-0.3, -0.25) is 4.79 Å². The van der Waals surface area contributed by atoms with Crippen LogP contribution in [0.15, 0.2) is 57.4 Å². The van der Waals surface area contributed by atoms with E-state index in [1.165, 1.54) is 0 Å². The van der Waals surface area contributed by atoms with E-state index in [1.807, 2.05) is 36.4 Å². The second kappa shape index (κ2) is 7.01. The molecule has 118 valence electrons. The van der Waals surface area contributed by atoms with Crippen LogP contribution in [-0.2, 0) is 0 Å². The number of fused-ring (bicyclic) bond motifs is 1. The average molecular weight is 373 g/mol. The number of ketones is 1. The number of hydrogen-bond acceptors (Lipinski definition) is 3. The van der Waals surface area contributed by atoms with Crippen LogP contribution in [0.5, 0.6) is 5.95 Å². The normalized spacial score (nSPS) is 10.9. The Labute approximate surface area is 143 Å². The van der Waals surface area contributed by atoms with E-state index in [4.69, 9.17) is 9.15 Å². The number of carbonyl (C=O) groups is 1. The van der Waals surface area contributed by atoms with Gasteiger partial charge in [0.2, 0.25) is 5.78 Å². The van der Waals surface area contributed by atoms with Gasteiger partial charge in [-0.1, -0.05) is 47.5 Å². The molecule has 0 spiro atoms. The van der Waals surface area contributed by atoms with E-state index in [1.54, 1.807) is 12.1 Å². The zero-order valence-corrected chi connectivity index (χ0v) is 14.4. The molecule has 0 saturated carbocycles. The molecule has 0 N–H and O–H groups in total. The highest BCUT2D eigenvalue weighted by atomic mass is 79.9. The van der Waals surface area contributed by atoms with E-state index < -0.39 is 0 Å². The van der Waals surface area contributed by atoms with E-state index in [0.29, 0.717) is 29.3 Å². The summed E-state index contributed by atoms with van der Waals surface area (Å²) in [7, 11) is 0. The van der Waals surface area contributed by atoms with Crippen molar-refractivity contribution < 1.29 is 13.9 Å². The Morgan fingerprint density at radius 2 is 1.87 bits per heavy atom. The first-order valence-electron chi connectivity index (χ1n) is 7.65. The first kappa shape index (κ1) is 15.8. The summed E-state index contributed by atoms with van der Waals surface area (Å²) in [6.45, 7) is 2.63. The Kier molecular flexibility index (Phi) is 4.82. The summed E-state index contributed by atoms with van der Waals surface area (Å²) in [4.78, 5) is 12.9. The van der Waals surface area contributed by atoms with E-state index >= 15 is 0 Å². The van der Waals surface area contributed by atoms with Crippen LogP contribution in [0.4, 0.5) is 0 Å². The maximum Gasteiger partial charge on any atom is 0.297 e. The number of unbranched alkanes of at least 4 members (excludes halogenated alkanes) is 1. The lowest BCUT2D eigenvalue weighted by atomic mass is 10.0. The molecule has 3 aromatic rings. The van der Waals surface area contributed by atoms with Crippen molar-refractivity contribution in [1.82, 2.24) is 0 Å². The Hall–Kier alpha value is -2.07. The van der Waals surface area contributed by atoms with Gasteiger partial charge in [-0.25, -0.2) is 0 Å². The van der Waals surface area contributed by atoms with Crippen LogP contribution in [0.25, 0.3) is 11.0 Å². The zero-order valence-electron chi connectivity index (χ0n) is 12.8. The second-order valence-electron chi connectivity index (χ2n) is 5.30. The van der Waals surface area contributed by atoms with Gasteiger partial charge in [0.05, 0.1) is 6.61 Å². The van der Waals surface area contributed by atoms with Crippen molar-refractivity contribution in [2.24, 2.45) is 0 Å². The third-order valence-corrected chi connectivity index (χ3v) is 4.16. The van der Waals surface area contributed by atoms with Gasteiger partial charge in [0.15, 0.2) is 0 Å². The number of halogens is 1. The number of benzene rings is 2. The minimum absolute atomic E-state index is 0.0889. The fourth-order valence-electron chi connectivity index (χ4n) is 2.39. The van der Waals surface area contributed by atoms with Crippen LogP contribution in [0, 0.1) is 0 Å². The molecule has 0 aliphatic rings. The van der Waals surface area contributed by atoms with Gasteiger partial charge in [-0.2, -0.15) is 0 Å². The molecule has 0 saturated heterocycles. The summed E-state index contributed by atoms with van der Waals surface area (Å²) in [5.41, 5.74) is 1.78. The quantitative estimate of drug-likeness (QED) is 0.417. The number of furan rings is 1. The molecule has 0 radical (unpaired) electrons. The van der Waals surface area contributed by atoms with E-state index in [9.17, 15) is 4.79 Å². The van der Waals surface area contributed by atoms with Gasteiger partial charge in [-0.05, 0) is 36.8 Å². The minimum atomic E-state index is -0.0889. The molecule has 3 nitrogen and oxygen atoms in total. The highest BCUT2D eigenvalue weighted by Crippen LogP contribution is 2.34. The Morgan fingerprint density at radius 3 is 2.61 bits per heavy atom. The summed E-state index contributed by atoms with van der Waals surface area (Å²) < 4.78 is 12.4. The highest BCUT2D eigenvalue weighted by Gasteiger charge is 2.23. The molecule has 0 fully saturated rings. The van der Waals surface area contributed by atoms with Crippen LogP contribution in [0.1, 0.15) is 35.7 Å². The standard InChI is InChI=1S/C19H17BrO3/c1-2-3-12-22-19-17(15-6-4-5-7-16(15)23-19)18(21)13-8-10-14(20)11-9-13/h4-11H,2-3,12H2,1H3. The Balaban J connectivity index is 2.04. The molecule has 1 aromatic heterocycles. The van der Waals surface area contributed by atoms with E-state index in [2.05, 4.69) is 22.9 Å². The van der Waals surface area contributed by atoms with Crippen LogP contribution in [0.2, 0.25) is 0 Å². The molecule has 0 unspecified atom stereocenters. The first-order valence-corrected chi connectivity index (χ1v) is 8.44. The lowest BCUT2D eigenvalue weighted by Gasteiger charge is -2.05. The molecule has 0 bridgehead atoms. The number of ether oxygens (including phenoxy) is 1. The SMILES string of the molecule is CCCCOc1oc2ccccc2c1C(=O)c1ccc(Br)cc1. The molecule has 0 atom stereocenters. The van der Waals surface area contributed by atoms with Crippen molar-refractivity contribution in [2.75, 3.05) is 6.61 Å². The topological polar surface area (TPSA) is 39.4 Å². The number of carbonyl (C=O) groups excluding carboxylic acids is 1. The molecular weight excluding hydrogens is 356 g/mol. The average Bonchev–Trinajstić information content (AvgIpc) is 2.93. The fourth-order valence-corrected chi connectivity index (χ4v) is 2.66. The summed E-state index contributed by atoms with van der Waals surface area (Å²) in [5, 5.41) is 0.784. The van der Waals surface area contributed by atoms with Crippen molar-refractivity contribution in [3.63, 3.8) is 0 Å². The maximum absolute atomic E-state index is 12.9. The van der Waals surface area contributed by atoms with Crippen LogP contribution < -0.4 is 4.74 Å². The highest BCUT2D eigenvalue weighted by molar-refractivity contribution is 9.10. The number of para-hydroxylation sites is 1. The third-order valence-electron chi connectivity index (χ3n) is 3.63. The molecule has 2 aromatic carbocycles. The van der Waals surface area contributed by atoms with Gasteiger partial charge >= 0.3 is 0 Å². The second-order valence-corrected chi connectivity index (χ2v) is 6.21. The zero-order chi connectivity index (χ0) is 16.2. The van der Waals surface area contributed by atoms with E-state index in [-0.39, 0.29) is 5.78 Å². The van der Waals surface area contributed by atoms with Crippen molar-refractivity contribution in [3.8, 4) is 5.95 Å². The Morgan fingerprint density at radius 1 is 1.13 bits per heavy atom. The minimum Gasteiger partial charge on any atom is -0.465 e. The summed E-state index contributed by atoms with van der Waals surface area (Å²) in [6, 6.07) is 14.8. The van der Waals surface area contributed by atoms with Crippen LogP contribution in [0.3, 0.4) is 0 Å². The summed E-state index contributed by atoms with van der Waals surface area (Å²) in [5.74, 6) is 0.224. The lowest BCUT2D eigenvalue weighted by Crippen LogP contribution is -2.04. The maximum atomic E-state index is 12.9. The molecule has 23 heavy (non-hydrogen) atoms. The largest absolute Gasteiger partial charge is 0.465 e. The number of hydrogen-bond donors (Lipinski definition) is 0. The van der Waals surface area contributed by atoms with Crippen LogP contribution >= 0.6 is 15.9 Å². The molecule has 1 heterocycles. The van der Waals surface area contributed by atoms with Gasteiger partial charge in [0.25, 0.3) is 5.95 Å². The predicted molar refractivity (Wildman–Crippen MR) is 94.2 cm³/mol. The van der Waals surface area contributed by atoms with Crippen molar-refractivity contribution in [2.45, 2.75) is 19.8 Å². The molecule has 0 aliphatic heterocycles. The number of rotatable bonds is 6. The van der Waals surface area contributed by atoms with Gasteiger partial charge in [0, 0.05) is 15.4 Å². The van der Waals surface area contributed by atoms with Crippen molar-refractivity contribution in [3.05, 3.63) is 64.1 Å². The Bertz CT molecular complexity index is 818. The van der Waals surface area contributed by atoms with Gasteiger partial charge in [-0.15, -0.1) is 0 Å². The monoisotopic (exact) mass is 372 g/mol. The predicted octanol–water partition coefficient (Wildman–Crippen LogP) is 5.61. The molecule has 0 aliphatic carbocycles. The fraction of sp³-hybridized carbons (Fsp3) is 0.211. The van der Waals surface area contributed by atoms with Gasteiger partial charge < -0.3 is 9.15 Å². The molecule has 0 amide bonds. The van der Waals surface area contributed by atoms with Crippen molar-refractivity contribution >= 4 is 32.7 Å². The first-order chi connectivity index (χ1) is 11.2. The van der Waals surface area contributed by atoms with Gasteiger partial charge in [0.1, 0.15) is 11.1 Å². The van der Waals surface area contributed by atoms with Crippen LogP contribution in [-0.4, -0.2) is 12.4 Å². The summed E-state index contributed by atoms with van der Waals surface area (Å²) >= 11 is 3.39. The molecule has 3 rings (SSSR count). The molecular formula is C19H17BrO3. The van der Waals surface area contributed by atoms with Crippen molar-refractivity contribution in [1.29, 1.82) is 0 Å². The lowest BCUT2D eigenvalue weighted by molar-refractivity contribution is 0.103. The third kappa shape index (κ3) is 3.32. The van der Waals surface area contributed by atoms with E-state index in [0.717, 1.165) is 22.7 Å². The summed E-state index contributed by atoms with van der Waals surface area (Å²) in [6.07, 6.45) is 1.94. The smallest absolute Gasteiger partial charge is 0.297 e.